The second-order valence-corrected chi connectivity index (χ2v) is 9.00. The van der Waals surface area contributed by atoms with Gasteiger partial charge in [-0.15, -0.1) is 0 Å². The van der Waals surface area contributed by atoms with Crippen molar-refractivity contribution < 1.29 is 14.7 Å². The summed E-state index contributed by atoms with van der Waals surface area (Å²) in [4.78, 5) is 26.6. The fourth-order valence-electron chi connectivity index (χ4n) is 5.92. The highest BCUT2D eigenvalue weighted by Crippen LogP contribution is 2.41. The molecule has 1 heterocycles. The van der Waals surface area contributed by atoms with Gasteiger partial charge in [-0.1, -0.05) is 56.0 Å². The van der Waals surface area contributed by atoms with Crippen molar-refractivity contribution in [3.8, 4) is 0 Å². The monoisotopic (exact) mass is 384 g/mol. The van der Waals surface area contributed by atoms with Crippen molar-refractivity contribution in [3.05, 3.63) is 35.9 Å². The molecule has 2 N–H and O–H groups in total. The number of rotatable bonds is 6. The van der Waals surface area contributed by atoms with Gasteiger partial charge in [-0.25, -0.2) is 0 Å². The van der Waals surface area contributed by atoms with Gasteiger partial charge in [0, 0.05) is 18.0 Å². The molecule has 3 aliphatic rings. The molecule has 4 rings (SSSR count). The van der Waals surface area contributed by atoms with Crippen LogP contribution in [0.5, 0.6) is 0 Å². The van der Waals surface area contributed by atoms with Crippen LogP contribution in [0, 0.1) is 5.92 Å². The Balaban J connectivity index is 1.41. The quantitative estimate of drug-likeness (QED) is 0.789. The van der Waals surface area contributed by atoms with Crippen LogP contribution in [0.25, 0.3) is 0 Å². The third kappa shape index (κ3) is 3.82. The number of aliphatic carboxylic acids is 1. The minimum absolute atomic E-state index is 0.0281. The number of nitrogens with one attached hydrogen (secondary N) is 1. The molecular formula is C23H32N2O3. The fraction of sp³-hybridized carbons (Fsp3) is 0.652. The number of likely N-dealkylation sites (tertiary alicyclic amines) is 1. The number of carboxylic acid groups (broad SMARTS) is 1. The van der Waals surface area contributed by atoms with Crippen LogP contribution in [0.15, 0.2) is 30.3 Å². The zero-order valence-electron chi connectivity index (χ0n) is 16.6. The van der Waals surface area contributed by atoms with Crippen molar-refractivity contribution in [1.82, 2.24) is 10.2 Å². The van der Waals surface area contributed by atoms with Gasteiger partial charge in [0.2, 0.25) is 5.91 Å². The molecule has 1 saturated heterocycles. The maximum absolute atomic E-state index is 12.8. The Kier molecular flexibility index (Phi) is 5.72. The number of hydrogen-bond donors (Lipinski definition) is 2. The third-order valence-corrected chi connectivity index (χ3v) is 7.40. The Hall–Kier alpha value is -1.88. The van der Waals surface area contributed by atoms with Gasteiger partial charge >= 0.3 is 5.97 Å². The molecule has 1 aromatic rings. The van der Waals surface area contributed by atoms with E-state index in [1.54, 1.807) is 0 Å². The molecule has 152 valence electrons. The van der Waals surface area contributed by atoms with Gasteiger partial charge in [0.1, 0.15) is 6.04 Å². The van der Waals surface area contributed by atoms with Crippen molar-refractivity contribution in [3.63, 3.8) is 0 Å². The smallest absolute Gasteiger partial charge is 0.320 e. The van der Waals surface area contributed by atoms with Gasteiger partial charge in [0.05, 0.1) is 6.54 Å². The van der Waals surface area contributed by atoms with Gasteiger partial charge in [-0.3, -0.25) is 14.5 Å². The minimum Gasteiger partial charge on any atom is -0.480 e. The van der Waals surface area contributed by atoms with Crippen molar-refractivity contribution in [1.29, 1.82) is 0 Å². The molecule has 1 aromatic carbocycles. The largest absolute Gasteiger partial charge is 0.480 e. The Bertz CT molecular complexity index is 699. The van der Waals surface area contributed by atoms with Crippen molar-refractivity contribution in [2.24, 2.45) is 5.92 Å². The van der Waals surface area contributed by atoms with Crippen LogP contribution in [0.3, 0.4) is 0 Å². The second kappa shape index (κ2) is 8.24. The van der Waals surface area contributed by atoms with E-state index in [0.717, 1.165) is 32.1 Å². The Morgan fingerprint density at radius 1 is 1.07 bits per heavy atom. The second-order valence-electron chi connectivity index (χ2n) is 9.00. The molecule has 5 nitrogen and oxygen atoms in total. The first kappa shape index (κ1) is 19.4. The maximum atomic E-state index is 12.8. The average molecular weight is 385 g/mol. The lowest BCUT2D eigenvalue weighted by atomic mass is 9.79. The van der Waals surface area contributed by atoms with Crippen molar-refractivity contribution >= 4 is 11.9 Å². The van der Waals surface area contributed by atoms with Crippen LogP contribution in [0.1, 0.15) is 63.4 Å². The lowest BCUT2D eigenvalue weighted by Gasteiger charge is -2.33. The highest BCUT2D eigenvalue weighted by Gasteiger charge is 2.46. The summed E-state index contributed by atoms with van der Waals surface area (Å²) in [5.41, 5.74) is 1.34. The number of amides is 1. The first-order chi connectivity index (χ1) is 13.6. The molecule has 28 heavy (non-hydrogen) atoms. The number of carbonyl (C=O) groups excluding carboxylic acids is 1. The van der Waals surface area contributed by atoms with Crippen molar-refractivity contribution in [2.45, 2.75) is 75.3 Å². The van der Waals surface area contributed by atoms with Crippen LogP contribution >= 0.6 is 0 Å². The Labute approximate surface area is 167 Å². The first-order valence-electron chi connectivity index (χ1n) is 10.9. The van der Waals surface area contributed by atoms with E-state index in [-0.39, 0.29) is 23.9 Å². The molecule has 3 atom stereocenters. The predicted octanol–water partition coefficient (Wildman–Crippen LogP) is 3.33. The molecule has 2 aliphatic carbocycles. The van der Waals surface area contributed by atoms with Crippen LogP contribution in [0.4, 0.5) is 0 Å². The molecule has 3 unspecified atom stereocenters. The summed E-state index contributed by atoms with van der Waals surface area (Å²) in [6, 6.07) is 10.3. The molecule has 1 amide bonds. The number of benzene rings is 1. The number of nitrogens with zero attached hydrogens (tertiary/aromatic N) is 1. The predicted molar refractivity (Wildman–Crippen MR) is 108 cm³/mol. The minimum atomic E-state index is -0.779. The van der Waals surface area contributed by atoms with E-state index in [2.05, 4.69) is 29.6 Å². The van der Waals surface area contributed by atoms with Crippen LogP contribution in [0.2, 0.25) is 0 Å². The number of fused-ring (bicyclic) bond motifs is 1. The molecule has 5 heteroatoms. The summed E-state index contributed by atoms with van der Waals surface area (Å²) in [5.74, 6) is -0.369. The molecule has 3 fully saturated rings. The highest BCUT2D eigenvalue weighted by molar-refractivity contribution is 5.80. The maximum Gasteiger partial charge on any atom is 0.320 e. The highest BCUT2D eigenvalue weighted by atomic mass is 16.4. The van der Waals surface area contributed by atoms with E-state index in [4.69, 9.17) is 0 Å². The van der Waals surface area contributed by atoms with Gasteiger partial charge in [-0.2, -0.15) is 0 Å². The molecule has 0 radical (unpaired) electrons. The van der Waals surface area contributed by atoms with Crippen LogP contribution < -0.4 is 5.32 Å². The Morgan fingerprint density at radius 2 is 1.79 bits per heavy atom. The van der Waals surface area contributed by atoms with Gasteiger partial charge in [-0.05, 0) is 43.6 Å². The average Bonchev–Trinajstić information content (AvgIpc) is 3.33. The van der Waals surface area contributed by atoms with E-state index in [1.165, 1.54) is 24.8 Å². The van der Waals surface area contributed by atoms with E-state index in [0.29, 0.717) is 18.9 Å². The zero-order valence-corrected chi connectivity index (χ0v) is 16.6. The molecule has 0 aromatic heterocycles. The van der Waals surface area contributed by atoms with E-state index >= 15 is 0 Å². The summed E-state index contributed by atoms with van der Waals surface area (Å²) in [5, 5.41) is 12.8. The molecule has 0 bridgehead atoms. The van der Waals surface area contributed by atoms with E-state index < -0.39 is 12.0 Å². The normalized spacial score (nSPS) is 29.4. The Morgan fingerprint density at radius 3 is 2.50 bits per heavy atom. The molecular weight excluding hydrogens is 352 g/mol. The third-order valence-electron chi connectivity index (χ3n) is 7.40. The van der Waals surface area contributed by atoms with Gasteiger partial charge in [0.15, 0.2) is 0 Å². The topological polar surface area (TPSA) is 69.6 Å². The first-order valence-corrected chi connectivity index (χ1v) is 10.9. The SMILES string of the molecule is O=C(CN1C(C(=O)O)CC2CCCCC21)NCC1(c2ccccc2)CCCC1. The molecule has 1 aliphatic heterocycles. The number of hydrogen-bond acceptors (Lipinski definition) is 3. The molecule has 0 spiro atoms. The summed E-state index contributed by atoms with van der Waals surface area (Å²) < 4.78 is 0. The van der Waals surface area contributed by atoms with Crippen LogP contribution in [-0.4, -0.2) is 47.1 Å². The lowest BCUT2D eigenvalue weighted by Crippen LogP contribution is -2.49. The summed E-state index contributed by atoms with van der Waals surface area (Å²) in [6.07, 6.45) is 9.74. The number of carboxylic acids is 1. The van der Waals surface area contributed by atoms with E-state index in [1.807, 2.05) is 11.0 Å². The van der Waals surface area contributed by atoms with Crippen molar-refractivity contribution in [2.75, 3.05) is 13.1 Å². The van der Waals surface area contributed by atoms with E-state index in [9.17, 15) is 14.7 Å². The lowest BCUT2D eigenvalue weighted by molar-refractivity contribution is -0.143. The summed E-state index contributed by atoms with van der Waals surface area (Å²) in [7, 11) is 0. The standard InChI is InChI=1S/C23H32N2O3/c26-21(15-25-19-11-5-4-8-17(19)14-20(25)22(27)28)24-16-23(12-6-7-13-23)18-9-2-1-3-10-18/h1-3,9-10,17,19-20H,4-8,11-16H2,(H,24,26)(H,27,28). The van der Waals surface area contributed by atoms with Gasteiger partial charge < -0.3 is 10.4 Å². The summed E-state index contributed by atoms with van der Waals surface area (Å²) >= 11 is 0. The zero-order chi connectivity index (χ0) is 19.6. The van der Waals surface area contributed by atoms with Crippen LogP contribution in [-0.2, 0) is 15.0 Å². The number of carbonyl (C=O) groups is 2. The molecule has 2 saturated carbocycles. The summed E-state index contributed by atoms with van der Waals surface area (Å²) in [6.45, 7) is 0.860. The van der Waals surface area contributed by atoms with Gasteiger partial charge in [0.25, 0.3) is 0 Å². The fourth-order valence-corrected chi connectivity index (χ4v) is 5.92.